The zero-order chi connectivity index (χ0) is 17.4. The fraction of sp³-hybridized carbons (Fsp3) is 0.235. The van der Waals surface area contributed by atoms with Gasteiger partial charge in [-0.15, -0.1) is 0 Å². The molecule has 0 aliphatic carbocycles. The Bertz CT molecular complexity index is 962. The number of aromatic amines is 2. The van der Waals surface area contributed by atoms with Gasteiger partial charge in [0, 0.05) is 37.2 Å². The van der Waals surface area contributed by atoms with E-state index in [4.69, 9.17) is 5.73 Å². The van der Waals surface area contributed by atoms with Gasteiger partial charge in [-0.25, -0.2) is 9.37 Å². The molecule has 4 rings (SSSR count). The van der Waals surface area contributed by atoms with Crippen molar-refractivity contribution in [3.05, 3.63) is 63.5 Å². The van der Waals surface area contributed by atoms with Crippen molar-refractivity contribution in [3.8, 4) is 11.3 Å². The lowest BCUT2D eigenvalue weighted by molar-refractivity contribution is 0.242. The van der Waals surface area contributed by atoms with Gasteiger partial charge < -0.3 is 5.73 Å². The number of fused-ring (bicyclic) bond motifs is 1. The predicted octanol–water partition coefficient (Wildman–Crippen LogP) is 1.44. The molecule has 3 aromatic rings. The normalized spacial score (nSPS) is 14.4. The number of nitrogen functional groups attached to an aromatic ring is 1. The smallest absolute Gasteiger partial charge is 0.257 e. The summed E-state index contributed by atoms with van der Waals surface area (Å²) in [6, 6.07) is 6.28. The van der Waals surface area contributed by atoms with Gasteiger partial charge in [-0.2, -0.15) is 5.10 Å². The Balaban J connectivity index is 1.57. The number of halogens is 1. The van der Waals surface area contributed by atoms with Gasteiger partial charge in [0.05, 0.1) is 23.1 Å². The zero-order valence-electron chi connectivity index (χ0n) is 13.4. The fourth-order valence-corrected chi connectivity index (χ4v) is 3.17. The summed E-state index contributed by atoms with van der Waals surface area (Å²) < 4.78 is 13.1. The highest BCUT2D eigenvalue weighted by Gasteiger charge is 2.22. The summed E-state index contributed by atoms with van der Waals surface area (Å²) in [6.45, 7) is 1.91. The van der Waals surface area contributed by atoms with Gasteiger partial charge in [-0.1, -0.05) is 0 Å². The van der Waals surface area contributed by atoms with Crippen molar-refractivity contribution in [1.82, 2.24) is 25.1 Å². The molecule has 2 aromatic heterocycles. The molecule has 25 heavy (non-hydrogen) atoms. The molecule has 0 spiro atoms. The number of nitrogens with two attached hydrogens (primary N) is 1. The molecular formula is C17H17FN6O. The number of H-pyrrole nitrogens is 2. The first kappa shape index (κ1) is 15.5. The Morgan fingerprint density at radius 3 is 2.88 bits per heavy atom. The second-order valence-electron chi connectivity index (χ2n) is 6.11. The van der Waals surface area contributed by atoms with E-state index in [1.807, 2.05) is 0 Å². The van der Waals surface area contributed by atoms with E-state index < -0.39 is 0 Å². The van der Waals surface area contributed by atoms with Gasteiger partial charge in [0.1, 0.15) is 5.82 Å². The average Bonchev–Trinajstić information content (AvgIpc) is 3.04. The van der Waals surface area contributed by atoms with Gasteiger partial charge >= 0.3 is 0 Å². The van der Waals surface area contributed by atoms with Crippen LogP contribution in [-0.2, 0) is 19.5 Å². The van der Waals surface area contributed by atoms with Crippen LogP contribution in [0.15, 0.2) is 35.3 Å². The van der Waals surface area contributed by atoms with Crippen LogP contribution in [0.5, 0.6) is 0 Å². The maximum atomic E-state index is 13.1. The van der Waals surface area contributed by atoms with Crippen molar-refractivity contribution in [1.29, 1.82) is 0 Å². The lowest BCUT2D eigenvalue weighted by atomic mass is 10.0. The van der Waals surface area contributed by atoms with E-state index in [9.17, 15) is 9.18 Å². The number of hydrogen-bond donors (Lipinski definition) is 3. The molecule has 0 amide bonds. The molecule has 8 heteroatoms. The van der Waals surface area contributed by atoms with Crippen LogP contribution in [0.4, 0.5) is 10.3 Å². The summed E-state index contributed by atoms with van der Waals surface area (Å²) in [5.74, 6) is -0.117. The quantitative estimate of drug-likeness (QED) is 0.669. The van der Waals surface area contributed by atoms with E-state index >= 15 is 0 Å². The second kappa shape index (κ2) is 6.14. The Hall–Kier alpha value is -3.00. The molecule has 1 aliphatic rings. The number of aromatic nitrogens is 4. The summed E-state index contributed by atoms with van der Waals surface area (Å²) in [7, 11) is 0. The van der Waals surface area contributed by atoms with E-state index in [0.29, 0.717) is 25.1 Å². The van der Waals surface area contributed by atoms with E-state index in [1.54, 1.807) is 18.3 Å². The molecule has 7 nitrogen and oxygen atoms in total. The highest BCUT2D eigenvalue weighted by molar-refractivity contribution is 5.62. The van der Waals surface area contributed by atoms with Crippen molar-refractivity contribution in [2.24, 2.45) is 0 Å². The number of benzene rings is 1. The van der Waals surface area contributed by atoms with Crippen LogP contribution < -0.4 is 11.3 Å². The summed E-state index contributed by atoms with van der Waals surface area (Å²) in [5, 5.41) is 7.09. The molecule has 3 heterocycles. The molecule has 0 unspecified atom stereocenters. The molecule has 0 fully saturated rings. The third-order valence-corrected chi connectivity index (χ3v) is 4.41. The first-order valence-electron chi connectivity index (χ1n) is 7.98. The molecule has 4 N–H and O–H groups in total. The molecule has 0 radical (unpaired) electrons. The minimum Gasteiger partial charge on any atom is -0.369 e. The Morgan fingerprint density at radius 2 is 2.08 bits per heavy atom. The van der Waals surface area contributed by atoms with Gasteiger partial charge in [0.2, 0.25) is 5.95 Å². The van der Waals surface area contributed by atoms with Crippen LogP contribution in [0, 0.1) is 5.82 Å². The van der Waals surface area contributed by atoms with Crippen molar-refractivity contribution in [2.75, 3.05) is 12.3 Å². The summed E-state index contributed by atoms with van der Waals surface area (Å²) in [4.78, 5) is 21.0. The van der Waals surface area contributed by atoms with E-state index in [0.717, 1.165) is 29.1 Å². The summed E-state index contributed by atoms with van der Waals surface area (Å²) in [5.41, 5.74) is 9.57. The minimum atomic E-state index is -0.275. The van der Waals surface area contributed by atoms with Crippen LogP contribution in [0.1, 0.15) is 16.8 Å². The third-order valence-electron chi connectivity index (χ3n) is 4.41. The highest BCUT2D eigenvalue weighted by atomic mass is 19.1. The van der Waals surface area contributed by atoms with Crippen LogP contribution >= 0.6 is 0 Å². The standard InChI is InChI=1S/C17H17FN6O/c18-12-3-1-10(2-4-12)15-11(7-20-23-15)8-24-6-5-14-13(9-24)16(25)22-17(19)21-14/h1-4,7H,5-6,8-9H2,(H,20,23)(H3,19,21,22,25). The number of hydrogen-bond acceptors (Lipinski definition) is 5. The maximum absolute atomic E-state index is 13.1. The fourth-order valence-electron chi connectivity index (χ4n) is 3.17. The summed E-state index contributed by atoms with van der Waals surface area (Å²) >= 11 is 0. The molecular weight excluding hydrogens is 323 g/mol. The molecule has 1 aromatic carbocycles. The van der Waals surface area contributed by atoms with Crippen molar-refractivity contribution < 1.29 is 4.39 Å². The Kier molecular flexibility index (Phi) is 3.81. The average molecular weight is 340 g/mol. The highest BCUT2D eigenvalue weighted by Crippen LogP contribution is 2.24. The molecule has 0 bridgehead atoms. The lowest BCUT2D eigenvalue weighted by Crippen LogP contribution is -2.35. The molecule has 1 aliphatic heterocycles. The number of rotatable bonds is 3. The largest absolute Gasteiger partial charge is 0.369 e. The molecule has 0 atom stereocenters. The summed E-state index contributed by atoms with van der Waals surface area (Å²) in [6.07, 6.45) is 2.44. The number of anilines is 1. The SMILES string of the molecule is Nc1nc2c(c(=O)[nH]1)CN(Cc1cn[nH]c1-c1ccc(F)cc1)CC2. The number of nitrogens with one attached hydrogen (secondary N) is 2. The van der Waals surface area contributed by atoms with Crippen LogP contribution in [0.2, 0.25) is 0 Å². The van der Waals surface area contributed by atoms with Gasteiger partial charge in [-0.05, 0) is 24.3 Å². The van der Waals surface area contributed by atoms with Crippen LogP contribution in [0.3, 0.4) is 0 Å². The van der Waals surface area contributed by atoms with Crippen LogP contribution in [-0.4, -0.2) is 31.6 Å². The Labute approximate surface area is 142 Å². The van der Waals surface area contributed by atoms with E-state index in [1.165, 1.54) is 12.1 Å². The Morgan fingerprint density at radius 1 is 1.28 bits per heavy atom. The van der Waals surface area contributed by atoms with E-state index in [2.05, 4.69) is 25.1 Å². The lowest BCUT2D eigenvalue weighted by Gasteiger charge is -2.27. The van der Waals surface area contributed by atoms with Crippen LogP contribution in [0.25, 0.3) is 11.3 Å². The molecule has 128 valence electrons. The monoisotopic (exact) mass is 340 g/mol. The molecule has 0 saturated heterocycles. The van der Waals surface area contributed by atoms with Crippen molar-refractivity contribution in [2.45, 2.75) is 19.5 Å². The first-order chi connectivity index (χ1) is 12.1. The molecule has 0 saturated carbocycles. The maximum Gasteiger partial charge on any atom is 0.257 e. The van der Waals surface area contributed by atoms with Gasteiger partial charge in [0.25, 0.3) is 5.56 Å². The predicted molar refractivity (Wildman–Crippen MR) is 91.1 cm³/mol. The van der Waals surface area contributed by atoms with Crippen molar-refractivity contribution in [3.63, 3.8) is 0 Å². The van der Waals surface area contributed by atoms with E-state index in [-0.39, 0.29) is 17.3 Å². The third kappa shape index (κ3) is 3.03. The topological polar surface area (TPSA) is 104 Å². The van der Waals surface area contributed by atoms with Gasteiger partial charge in [-0.3, -0.25) is 19.8 Å². The second-order valence-corrected chi connectivity index (χ2v) is 6.11. The zero-order valence-corrected chi connectivity index (χ0v) is 13.4. The first-order valence-corrected chi connectivity index (χ1v) is 7.98. The van der Waals surface area contributed by atoms with Crippen molar-refractivity contribution >= 4 is 5.95 Å². The minimum absolute atomic E-state index is 0.158. The number of nitrogens with zero attached hydrogens (tertiary/aromatic N) is 3. The van der Waals surface area contributed by atoms with Gasteiger partial charge in [0.15, 0.2) is 0 Å².